The number of hydrogen-bond donors (Lipinski definition) is 1. The lowest BCUT2D eigenvalue weighted by Gasteiger charge is -2.27. The largest absolute Gasteiger partial charge is 0.322 e. The molecule has 6 nitrogen and oxygen atoms in total. The highest BCUT2D eigenvalue weighted by Gasteiger charge is 2.51. The van der Waals surface area contributed by atoms with Crippen molar-refractivity contribution in [2.45, 2.75) is 0 Å². The van der Waals surface area contributed by atoms with Crippen LogP contribution >= 0.6 is 58.0 Å². The van der Waals surface area contributed by atoms with Crippen LogP contribution in [0.1, 0.15) is 0 Å². The summed E-state index contributed by atoms with van der Waals surface area (Å²) in [5.41, 5.74) is 0.715. The van der Waals surface area contributed by atoms with Crippen LogP contribution in [0.3, 0.4) is 0 Å². The summed E-state index contributed by atoms with van der Waals surface area (Å²) >= 11 is 30.1. The van der Waals surface area contributed by atoms with E-state index in [-0.39, 0.29) is 20.8 Å². The highest BCUT2D eigenvalue weighted by molar-refractivity contribution is 6.43. The first kappa shape index (κ1) is 23.7. The summed E-state index contributed by atoms with van der Waals surface area (Å²) < 4.78 is 0. The lowest BCUT2D eigenvalue weighted by Crippen LogP contribution is -2.41. The molecule has 4 rings (SSSR count). The van der Waals surface area contributed by atoms with E-state index in [4.69, 9.17) is 58.0 Å². The number of rotatable bonds is 4. The van der Waals surface area contributed by atoms with E-state index in [1.54, 1.807) is 48.5 Å². The summed E-state index contributed by atoms with van der Waals surface area (Å²) in [6, 6.07) is 15.3. The average Bonchev–Trinajstić information content (AvgIpc) is 3.02. The molecule has 0 unspecified atom stereocenters. The summed E-state index contributed by atoms with van der Waals surface area (Å²) in [5, 5.41) is 5.95. The molecule has 11 heteroatoms. The zero-order valence-electron chi connectivity index (χ0n) is 16.4. The minimum absolute atomic E-state index is 0.0383. The Morgan fingerprint density at radius 3 is 1.45 bits per heavy atom. The third-order valence-electron chi connectivity index (χ3n) is 4.77. The quantitative estimate of drug-likeness (QED) is 0.382. The van der Waals surface area contributed by atoms with Crippen molar-refractivity contribution in [2.24, 2.45) is 5.92 Å². The van der Waals surface area contributed by atoms with Crippen molar-refractivity contribution in [1.82, 2.24) is 0 Å². The number of nitrogens with one attached hydrogen (secondary N) is 1. The van der Waals surface area contributed by atoms with Gasteiger partial charge in [0.05, 0.1) is 27.1 Å². The van der Waals surface area contributed by atoms with Crippen molar-refractivity contribution in [3.8, 4) is 0 Å². The smallest absolute Gasteiger partial charge is 0.268 e. The third-order valence-corrected chi connectivity index (χ3v) is 6.09. The van der Waals surface area contributed by atoms with E-state index in [0.717, 1.165) is 10.0 Å². The standard InChI is InChI=1S/C22H12Cl5N3O3/c23-11-1-5-14(6-2-11)29-21(32)18(22(33)30(29)15-7-3-12(24)4-8-15)20(31)28-19-16(26)9-13(25)10-17(19)27/h1-10,18H,(H,28,31). The molecule has 168 valence electrons. The normalized spacial score (nSPS) is 14.2. The van der Waals surface area contributed by atoms with Crippen LogP contribution in [-0.2, 0) is 14.4 Å². The molecule has 3 aromatic carbocycles. The summed E-state index contributed by atoms with van der Waals surface area (Å²) in [6.45, 7) is 0. The maximum Gasteiger partial charge on any atom is 0.268 e. The van der Waals surface area contributed by atoms with E-state index in [1.807, 2.05) is 0 Å². The fourth-order valence-electron chi connectivity index (χ4n) is 3.28. The van der Waals surface area contributed by atoms with E-state index in [2.05, 4.69) is 5.32 Å². The van der Waals surface area contributed by atoms with Gasteiger partial charge in [-0.2, -0.15) is 0 Å². The van der Waals surface area contributed by atoms with E-state index >= 15 is 0 Å². The van der Waals surface area contributed by atoms with Gasteiger partial charge in [-0.25, -0.2) is 10.0 Å². The molecule has 1 aliphatic heterocycles. The molecule has 0 aliphatic carbocycles. The highest BCUT2D eigenvalue weighted by Crippen LogP contribution is 2.36. The molecule has 1 N–H and O–H groups in total. The number of hydrazine groups is 1. The summed E-state index contributed by atoms with van der Waals surface area (Å²) in [7, 11) is 0. The van der Waals surface area contributed by atoms with Gasteiger partial charge in [-0.3, -0.25) is 14.4 Å². The second-order valence-electron chi connectivity index (χ2n) is 6.92. The minimum atomic E-state index is -1.70. The lowest BCUT2D eigenvalue weighted by molar-refractivity contribution is -0.134. The van der Waals surface area contributed by atoms with Gasteiger partial charge in [0.1, 0.15) is 0 Å². The molecule has 3 aromatic rings. The van der Waals surface area contributed by atoms with Gasteiger partial charge in [-0.1, -0.05) is 58.0 Å². The monoisotopic (exact) mass is 541 g/mol. The maximum absolute atomic E-state index is 13.4. The van der Waals surface area contributed by atoms with Crippen molar-refractivity contribution in [1.29, 1.82) is 0 Å². The molecule has 0 atom stereocenters. The zero-order valence-corrected chi connectivity index (χ0v) is 20.1. The maximum atomic E-state index is 13.4. The Labute approximate surface area is 213 Å². The fourth-order valence-corrected chi connectivity index (χ4v) is 4.44. The van der Waals surface area contributed by atoms with Crippen LogP contribution in [0.25, 0.3) is 0 Å². The van der Waals surface area contributed by atoms with Gasteiger partial charge in [0.15, 0.2) is 5.92 Å². The van der Waals surface area contributed by atoms with Crippen molar-refractivity contribution in [3.63, 3.8) is 0 Å². The first-order valence-corrected chi connectivity index (χ1v) is 11.2. The number of carbonyl (C=O) groups is 3. The molecular formula is C22H12Cl5N3O3. The second kappa shape index (κ2) is 9.41. The molecule has 1 aliphatic rings. The van der Waals surface area contributed by atoms with Gasteiger partial charge < -0.3 is 5.32 Å². The Hall–Kier alpha value is -2.48. The van der Waals surface area contributed by atoms with Gasteiger partial charge in [0, 0.05) is 15.1 Å². The van der Waals surface area contributed by atoms with E-state index in [9.17, 15) is 14.4 Å². The van der Waals surface area contributed by atoms with E-state index in [1.165, 1.54) is 12.1 Å². The third kappa shape index (κ3) is 4.63. The minimum Gasteiger partial charge on any atom is -0.322 e. The van der Waals surface area contributed by atoms with Crippen LogP contribution in [0.15, 0.2) is 60.7 Å². The number of benzene rings is 3. The van der Waals surface area contributed by atoms with Gasteiger partial charge in [0.25, 0.3) is 11.8 Å². The molecule has 0 radical (unpaired) electrons. The summed E-state index contributed by atoms with van der Waals surface area (Å²) in [4.78, 5) is 39.8. The Bertz CT molecular complexity index is 1180. The first-order chi connectivity index (χ1) is 15.7. The molecule has 1 saturated heterocycles. The number of amides is 3. The second-order valence-corrected chi connectivity index (χ2v) is 9.04. The van der Waals surface area contributed by atoms with Crippen LogP contribution in [-0.4, -0.2) is 17.7 Å². The van der Waals surface area contributed by atoms with Crippen molar-refractivity contribution in [3.05, 3.63) is 85.8 Å². The van der Waals surface area contributed by atoms with Crippen molar-refractivity contribution in [2.75, 3.05) is 15.3 Å². The topological polar surface area (TPSA) is 69.7 Å². The van der Waals surface area contributed by atoms with E-state index in [0.29, 0.717) is 21.4 Å². The Morgan fingerprint density at radius 1 is 0.667 bits per heavy atom. The number of hydrogen-bond acceptors (Lipinski definition) is 3. The molecule has 1 fully saturated rings. The Kier molecular flexibility index (Phi) is 6.75. The van der Waals surface area contributed by atoms with Crippen LogP contribution in [0, 0.1) is 5.92 Å². The van der Waals surface area contributed by atoms with Crippen LogP contribution < -0.4 is 15.3 Å². The van der Waals surface area contributed by atoms with Gasteiger partial charge >= 0.3 is 0 Å². The average molecular weight is 544 g/mol. The predicted octanol–water partition coefficient (Wildman–Crippen LogP) is 6.50. The fraction of sp³-hybridized carbons (Fsp3) is 0.0455. The Morgan fingerprint density at radius 2 is 1.06 bits per heavy atom. The molecular weight excluding hydrogens is 532 g/mol. The molecule has 0 bridgehead atoms. The number of halogens is 5. The highest BCUT2D eigenvalue weighted by atomic mass is 35.5. The summed E-state index contributed by atoms with van der Waals surface area (Å²) in [5.74, 6) is -4.13. The molecule has 1 heterocycles. The Balaban J connectivity index is 1.74. The molecule has 0 aromatic heterocycles. The number of nitrogens with zero attached hydrogens (tertiary/aromatic N) is 2. The molecule has 3 amide bonds. The predicted molar refractivity (Wildman–Crippen MR) is 131 cm³/mol. The van der Waals surface area contributed by atoms with Crippen molar-refractivity contribution < 1.29 is 14.4 Å². The van der Waals surface area contributed by atoms with Gasteiger partial charge in [-0.15, -0.1) is 0 Å². The van der Waals surface area contributed by atoms with Crippen LogP contribution in [0.4, 0.5) is 17.1 Å². The van der Waals surface area contributed by atoms with Gasteiger partial charge in [-0.05, 0) is 60.7 Å². The lowest BCUT2D eigenvalue weighted by atomic mass is 10.1. The SMILES string of the molecule is O=C(Nc1c(Cl)cc(Cl)cc1Cl)C1C(=O)N(c2ccc(Cl)cc2)N(c2ccc(Cl)cc2)C1=O. The summed E-state index contributed by atoms with van der Waals surface area (Å²) in [6.07, 6.45) is 0. The first-order valence-electron chi connectivity index (χ1n) is 9.32. The van der Waals surface area contributed by atoms with E-state index < -0.39 is 23.6 Å². The number of anilines is 3. The molecule has 0 saturated carbocycles. The molecule has 0 spiro atoms. The zero-order chi connectivity index (χ0) is 23.9. The molecule has 33 heavy (non-hydrogen) atoms. The van der Waals surface area contributed by atoms with Gasteiger partial charge in [0.2, 0.25) is 5.91 Å². The van der Waals surface area contributed by atoms with Crippen LogP contribution in [0.2, 0.25) is 25.1 Å². The van der Waals surface area contributed by atoms with Crippen molar-refractivity contribution >= 4 is 92.8 Å². The van der Waals surface area contributed by atoms with Crippen LogP contribution in [0.5, 0.6) is 0 Å². The number of carbonyl (C=O) groups excluding carboxylic acids is 3.